The van der Waals surface area contributed by atoms with E-state index < -0.39 is 15.6 Å². The van der Waals surface area contributed by atoms with E-state index in [0.29, 0.717) is 24.2 Å². The molecule has 0 saturated heterocycles. The molecule has 1 aliphatic heterocycles. The molecule has 1 aromatic heterocycles. The summed E-state index contributed by atoms with van der Waals surface area (Å²) in [6.07, 6.45) is 0.511. The molecule has 2 rings (SSSR count). The molecule has 14 heavy (non-hydrogen) atoms. The number of H-pyrrole nitrogens is 1. The van der Waals surface area contributed by atoms with E-state index >= 15 is 0 Å². The van der Waals surface area contributed by atoms with E-state index in [1.54, 1.807) is 6.92 Å². The Morgan fingerprint density at radius 1 is 1.43 bits per heavy atom. The summed E-state index contributed by atoms with van der Waals surface area (Å²) in [6, 6.07) is 0. The SMILES string of the molecule is Cc1n[nH]c(=O)c2c1CCNS2(=O)=O. The normalized spacial score (nSPS) is 18.9. The zero-order valence-corrected chi connectivity index (χ0v) is 8.31. The Morgan fingerprint density at radius 2 is 2.14 bits per heavy atom. The molecule has 0 saturated carbocycles. The van der Waals surface area contributed by atoms with Crippen LogP contribution >= 0.6 is 0 Å². The van der Waals surface area contributed by atoms with E-state index in [-0.39, 0.29) is 4.90 Å². The molecule has 0 spiro atoms. The van der Waals surface area contributed by atoms with Crippen molar-refractivity contribution < 1.29 is 8.42 Å². The van der Waals surface area contributed by atoms with Crippen LogP contribution in [0, 0.1) is 6.92 Å². The monoisotopic (exact) mass is 215 g/mol. The number of aromatic nitrogens is 2. The fourth-order valence-corrected chi connectivity index (χ4v) is 2.89. The van der Waals surface area contributed by atoms with Crippen LogP contribution in [0.15, 0.2) is 9.69 Å². The standard InChI is InChI=1S/C7H9N3O3S/c1-4-5-2-3-8-14(12,13)6(5)7(11)10-9-4/h8H,2-3H2,1H3,(H,10,11). The molecular weight excluding hydrogens is 206 g/mol. The molecule has 0 unspecified atom stereocenters. The van der Waals surface area contributed by atoms with Gasteiger partial charge in [0.25, 0.3) is 5.56 Å². The van der Waals surface area contributed by atoms with Crippen molar-refractivity contribution in [2.75, 3.05) is 6.54 Å². The summed E-state index contributed by atoms with van der Waals surface area (Å²) in [4.78, 5) is 11.1. The Bertz CT molecular complexity index is 532. The van der Waals surface area contributed by atoms with Crippen LogP contribution in [0.25, 0.3) is 0 Å². The van der Waals surface area contributed by atoms with Gasteiger partial charge in [-0.1, -0.05) is 0 Å². The third-order valence-electron chi connectivity index (χ3n) is 2.18. The quantitative estimate of drug-likeness (QED) is 0.575. The first-order valence-electron chi connectivity index (χ1n) is 4.10. The molecule has 2 N–H and O–H groups in total. The van der Waals surface area contributed by atoms with Crippen molar-refractivity contribution in [1.82, 2.24) is 14.9 Å². The van der Waals surface area contributed by atoms with Gasteiger partial charge >= 0.3 is 0 Å². The molecule has 2 heterocycles. The van der Waals surface area contributed by atoms with E-state index in [4.69, 9.17) is 0 Å². The van der Waals surface area contributed by atoms with Gasteiger partial charge in [0.2, 0.25) is 10.0 Å². The number of aryl methyl sites for hydroxylation is 1. The second-order valence-corrected chi connectivity index (χ2v) is 4.80. The van der Waals surface area contributed by atoms with Gasteiger partial charge in [-0.15, -0.1) is 0 Å². The lowest BCUT2D eigenvalue weighted by Gasteiger charge is -2.16. The number of hydrogen-bond acceptors (Lipinski definition) is 4. The second kappa shape index (κ2) is 2.89. The van der Waals surface area contributed by atoms with E-state index in [0.717, 1.165) is 0 Å². The van der Waals surface area contributed by atoms with E-state index in [1.165, 1.54) is 0 Å². The molecule has 0 fully saturated rings. The fraction of sp³-hybridized carbons (Fsp3) is 0.429. The fourth-order valence-electron chi connectivity index (χ4n) is 1.52. The van der Waals surface area contributed by atoms with Crippen molar-refractivity contribution in [2.24, 2.45) is 0 Å². The molecule has 1 aliphatic rings. The third kappa shape index (κ3) is 1.25. The summed E-state index contributed by atoms with van der Waals surface area (Å²) in [7, 11) is -3.63. The number of sulfonamides is 1. The minimum absolute atomic E-state index is 0.184. The largest absolute Gasteiger partial charge is 0.284 e. The predicted octanol–water partition coefficient (Wildman–Crippen LogP) is -1.09. The van der Waals surface area contributed by atoms with Crippen LogP contribution in [-0.4, -0.2) is 25.2 Å². The minimum Gasteiger partial charge on any atom is -0.266 e. The number of nitrogens with one attached hydrogen (secondary N) is 2. The van der Waals surface area contributed by atoms with Crippen LogP contribution in [-0.2, 0) is 16.4 Å². The van der Waals surface area contributed by atoms with E-state index in [9.17, 15) is 13.2 Å². The Balaban J connectivity index is 2.88. The molecule has 1 aromatic rings. The van der Waals surface area contributed by atoms with Crippen LogP contribution in [0.3, 0.4) is 0 Å². The number of aromatic amines is 1. The van der Waals surface area contributed by atoms with Crippen LogP contribution in [0.1, 0.15) is 11.3 Å². The minimum atomic E-state index is -3.63. The van der Waals surface area contributed by atoms with E-state index in [1.807, 2.05) is 0 Å². The molecular formula is C7H9N3O3S. The average Bonchev–Trinajstić information content (AvgIpc) is 2.10. The predicted molar refractivity (Wildman–Crippen MR) is 48.5 cm³/mol. The van der Waals surface area contributed by atoms with Gasteiger partial charge in [0.15, 0.2) is 4.90 Å². The highest BCUT2D eigenvalue weighted by molar-refractivity contribution is 7.89. The van der Waals surface area contributed by atoms with Gasteiger partial charge < -0.3 is 0 Å². The van der Waals surface area contributed by atoms with Crippen molar-refractivity contribution in [3.63, 3.8) is 0 Å². The lowest BCUT2D eigenvalue weighted by Crippen LogP contribution is -2.37. The molecule has 0 aliphatic carbocycles. The van der Waals surface area contributed by atoms with Gasteiger partial charge in [0.1, 0.15) is 0 Å². The summed E-state index contributed by atoms with van der Waals surface area (Å²) in [5, 5.41) is 5.89. The van der Waals surface area contributed by atoms with Gasteiger partial charge in [-0.2, -0.15) is 5.10 Å². The van der Waals surface area contributed by atoms with Gasteiger partial charge in [-0.25, -0.2) is 18.2 Å². The third-order valence-corrected chi connectivity index (χ3v) is 3.73. The van der Waals surface area contributed by atoms with Crippen LogP contribution < -0.4 is 10.3 Å². The maximum atomic E-state index is 11.5. The van der Waals surface area contributed by atoms with Crippen LogP contribution in [0.4, 0.5) is 0 Å². The van der Waals surface area contributed by atoms with Gasteiger partial charge in [0.05, 0.1) is 5.69 Å². The molecule has 0 atom stereocenters. The molecule has 76 valence electrons. The molecule has 0 amide bonds. The maximum absolute atomic E-state index is 11.5. The Morgan fingerprint density at radius 3 is 2.79 bits per heavy atom. The zero-order valence-electron chi connectivity index (χ0n) is 7.49. The Kier molecular flexibility index (Phi) is 1.93. The lowest BCUT2D eigenvalue weighted by molar-refractivity contribution is 0.568. The summed E-state index contributed by atoms with van der Waals surface area (Å²) >= 11 is 0. The Labute approximate surface area is 80.4 Å². The number of hydrogen-bond donors (Lipinski definition) is 2. The second-order valence-electron chi connectivity index (χ2n) is 3.09. The van der Waals surface area contributed by atoms with Crippen LogP contribution in [0.2, 0.25) is 0 Å². The molecule has 0 bridgehead atoms. The van der Waals surface area contributed by atoms with Crippen molar-refractivity contribution in [3.05, 3.63) is 21.6 Å². The summed E-state index contributed by atoms with van der Waals surface area (Å²) in [5.41, 5.74) is 0.426. The topological polar surface area (TPSA) is 91.9 Å². The van der Waals surface area contributed by atoms with Gasteiger partial charge in [0, 0.05) is 12.1 Å². The summed E-state index contributed by atoms with van der Waals surface area (Å²) in [5.74, 6) is 0. The maximum Gasteiger partial charge on any atom is 0.284 e. The number of nitrogens with zero attached hydrogens (tertiary/aromatic N) is 1. The summed E-state index contributed by atoms with van der Waals surface area (Å²) < 4.78 is 25.3. The van der Waals surface area contributed by atoms with Crippen molar-refractivity contribution in [1.29, 1.82) is 0 Å². The summed E-state index contributed by atoms with van der Waals surface area (Å²) in [6.45, 7) is 2.00. The molecule has 7 heteroatoms. The highest BCUT2D eigenvalue weighted by atomic mass is 32.2. The van der Waals surface area contributed by atoms with Crippen molar-refractivity contribution in [2.45, 2.75) is 18.2 Å². The van der Waals surface area contributed by atoms with Gasteiger partial charge in [-0.05, 0) is 13.3 Å². The van der Waals surface area contributed by atoms with E-state index in [2.05, 4.69) is 14.9 Å². The highest BCUT2D eigenvalue weighted by Crippen LogP contribution is 2.16. The van der Waals surface area contributed by atoms with Crippen LogP contribution in [0.5, 0.6) is 0 Å². The number of fused-ring (bicyclic) bond motifs is 1. The van der Waals surface area contributed by atoms with Crippen molar-refractivity contribution >= 4 is 10.0 Å². The zero-order chi connectivity index (χ0) is 10.3. The molecule has 6 nitrogen and oxygen atoms in total. The van der Waals surface area contributed by atoms with Gasteiger partial charge in [-0.3, -0.25) is 4.79 Å². The smallest absolute Gasteiger partial charge is 0.266 e. The first-order chi connectivity index (χ1) is 6.52. The lowest BCUT2D eigenvalue weighted by atomic mass is 10.1. The van der Waals surface area contributed by atoms with Crippen molar-refractivity contribution in [3.8, 4) is 0 Å². The Hall–Kier alpha value is -1.21. The first kappa shape index (κ1) is 9.35. The number of rotatable bonds is 0. The molecule has 0 radical (unpaired) electrons. The first-order valence-corrected chi connectivity index (χ1v) is 5.58. The highest BCUT2D eigenvalue weighted by Gasteiger charge is 2.28. The molecule has 0 aromatic carbocycles. The average molecular weight is 215 g/mol.